The van der Waals surface area contributed by atoms with Crippen LogP contribution in [-0.4, -0.2) is 121 Å². The maximum atomic E-state index is 13.1. The fourth-order valence-electron chi connectivity index (χ4n) is 6.34. The van der Waals surface area contributed by atoms with E-state index in [2.05, 4.69) is 0 Å². The normalized spacial score (nSPS) is 15.0. The molecule has 2 N–H and O–H groups in total. The van der Waals surface area contributed by atoms with Gasteiger partial charge in [-0.05, 0) is 36.8 Å². The number of carbonyl (C=O) groups excluding carboxylic acids is 5. The SMILES string of the molecule is O.O=C([O-])CN(CCN(CC(=O)[O-])C[C@H](COP(=O)([O-])OC1CCC(c2ccccc2)(c2ccccc2)CC1)N(CC(=O)[O-])CC(=O)[O-])CC(=O)[O-].[Gd+3].[Na+].[Na+].[Na+]. The molecule has 0 aromatic heterocycles. The summed E-state index contributed by atoms with van der Waals surface area (Å²) in [5.41, 5.74) is 1.71. The Morgan fingerprint density at radius 1 is 0.679 bits per heavy atom. The van der Waals surface area contributed by atoms with Crippen LogP contribution in [-0.2, 0) is 43.0 Å². The molecule has 2 atom stereocenters. The van der Waals surface area contributed by atoms with E-state index in [1.807, 2.05) is 60.7 Å². The van der Waals surface area contributed by atoms with Crippen LogP contribution < -0.4 is 119 Å². The summed E-state index contributed by atoms with van der Waals surface area (Å²) in [5.74, 6) is -8.46. The minimum atomic E-state index is -5.15. The second kappa shape index (κ2) is 30.1. The summed E-state index contributed by atoms with van der Waals surface area (Å²) < 4.78 is 23.7. The number of hydrogen-bond donors (Lipinski definition) is 0. The zero-order chi connectivity index (χ0) is 37.6. The van der Waals surface area contributed by atoms with Gasteiger partial charge < -0.3 is 68.9 Å². The molecule has 56 heavy (non-hydrogen) atoms. The van der Waals surface area contributed by atoms with Crippen LogP contribution >= 0.6 is 7.82 Å². The van der Waals surface area contributed by atoms with Crippen LogP contribution in [0, 0.1) is 39.9 Å². The van der Waals surface area contributed by atoms with Crippen molar-refractivity contribution in [2.24, 2.45) is 0 Å². The van der Waals surface area contributed by atoms with Crippen molar-refractivity contribution >= 4 is 37.7 Å². The Balaban J connectivity index is -0.00000562. The average Bonchev–Trinajstić information content (AvgIpc) is 3.05. The largest absolute Gasteiger partial charge is 3.00 e. The Morgan fingerprint density at radius 3 is 1.45 bits per heavy atom. The molecule has 1 aliphatic carbocycles. The van der Waals surface area contributed by atoms with Crippen molar-refractivity contribution in [2.45, 2.75) is 43.2 Å². The summed E-state index contributed by atoms with van der Waals surface area (Å²) in [6.45, 7) is -6.98. The topological polar surface area (TPSA) is 300 Å². The minimum absolute atomic E-state index is 0. The summed E-state index contributed by atoms with van der Waals surface area (Å²) in [6.07, 6.45) is 0.910. The molecule has 1 radical (unpaired) electrons. The van der Waals surface area contributed by atoms with Gasteiger partial charge in [0.15, 0.2) is 0 Å². The molecule has 1 unspecified atom stereocenters. The van der Waals surface area contributed by atoms with E-state index < -0.39 is 101 Å². The second-order valence-electron chi connectivity index (χ2n) is 12.2. The number of rotatable bonds is 23. The summed E-state index contributed by atoms with van der Waals surface area (Å²) in [7, 11) is -5.15. The molecule has 1 fully saturated rings. The van der Waals surface area contributed by atoms with Gasteiger partial charge in [0.05, 0.1) is 42.6 Å². The van der Waals surface area contributed by atoms with Crippen molar-refractivity contribution in [3.8, 4) is 0 Å². The van der Waals surface area contributed by atoms with Crippen molar-refractivity contribution in [1.82, 2.24) is 14.7 Å². The Bertz CT molecular complexity index is 1470. The third-order valence-electron chi connectivity index (χ3n) is 8.58. The van der Waals surface area contributed by atoms with Gasteiger partial charge in [0, 0.05) is 63.8 Å². The predicted octanol–water partition coefficient (Wildman–Crippen LogP) is -15.4. The van der Waals surface area contributed by atoms with E-state index >= 15 is 0 Å². The number of phosphoric ester groups is 1. The number of nitrogens with zero attached hydrogens (tertiary/aromatic N) is 3. The molecular formula is C33H40GdN3Na3O15P. The van der Waals surface area contributed by atoms with Crippen LogP contribution in [0.3, 0.4) is 0 Å². The maximum Gasteiger partial charge on any atom is 3.00 e. The molecule has 0 aliphatic heterocycles. The number of carboxylic acid groups (broad SMARTS) is 5. The molecule has 0 spiro atoms. The summed E-state index contributed by atoms with van der Waals surface area (Å²) in [6, 6.07) is 18.1. The fourth-order valence-corrected chi connectivity index (χ4v) is 7.33. The number of hydrogen-bond acceptors (Lipinski definition) is 17. The van der Waals surface area contributed by atoms with Gasteiger partial charge in [0.25, 0.3) is 7.82 Å². The van der Waals surface area contributed by atoms with Gasteiger partial charge in [-0.15, -0.1) is 0 Å². The summed E-state index contributed by atoms with van der Waals surface area (Å²) in [4.78, 5) is 72.4. The number of benzene rings is 2. The number of carbonyl (C=O) groups is 5. The first-order valence-corrected chi connectivity index (χ1v) is 17.5. The van der Waals surface area contributed by atoms with E-state index in [9.17, 15) is 59.0 Å². The van der Waals surface area contributed by atoms with Crippen LogP contribution in [0.25, 0.3) is 0 Å². The molecular weight excluding hydrogens is 936 g/mol. The van der Waals surface area contributed by atoms with E-state index in [-0.39, 0.29) is 147 Å². The summed E-state index contributed by atoms with van der Waals surface area (Å²) in [5, 5.41) is 56.7. The average molecular weight is 976 g/mol. The van der Waals surface area contributed by atoms with Gasteiger partial charge in [-0.3, -0.25) is 19.3 Å². The molecule has 1 saturated carbocycles. The van der Waals surface area contributed by atoms with Crippen LogP contribution in [0.2, 0.25) is 0 Å². The van der Waals surface area contributed by atoms with Crippen LogP contribution in [0.15, 0.2) is 60.7 Å². The zero-order valence-electron chi connectivity index (χ0n) is 31.5. The first-order chi connectivity index (χ1) is 24.1. The molecule has 23 heteroatoms. The Labute approximate surface area is 423 Å². The monoisotopic (exact) mass is 976 g/mol. The third-order valence-corrected chi connectivity index (χ3v) is 9.60. The van der Waals surface area contributed by atoms with Gasteiger partial charge in [-0.1, -0.05) is 60.7 Å². The van der Waals surface area contributed by atoms with Crippen molar-refractivity contribution in [3.05, 3.63) is 71.8 Å². The molecule has 0 saturated heterocycles. The number of phosphoric acid groups is 1. The quantitative estimate of drug-likeness (QED) is 0.0738. The van der Waals surface area contributed by atoms with Crippen molar-refractivity contribution in [3.63, 3.8) is 0 Å². The molecule has 293 valence electrons. The predicted molar refractivity (Wildman–Crippen MR) is 167 cm³/mol. The molecule has 0 amide bonds. The molecule has 1 aliphatic rings. The Morgan fingerprint density at radius 2 is 1.05 bits per heavy atom. The third kappa shape index (κ3) is 21.5. The van der Waals surface area contributed by atoms with Gasteiger partial charge >= 0.3 is 129 Å². The smallest absolute Gasteiger partial charge is 0.756 e. The van der Waals surface area contributed by atoms with Gasteiger partial charge in [0.1, 0.15) is 0 Å². The fraction of sp³-hybridized carbons (Fsp3) is 0.485. The van der Waals surface area contributed by atoms with E-state index in [4.69, 9.17) is 9.05 Å². The first kappa shape index (κ1) is 60.4. The molecule has 18 nitrogen and oxygen atoms in total. The molecule has 0 bridgehead atoms. The standard InChI is InChI=1S/C33H44N3O14P.Gd.3Na.H2O/c37-28(38)18-34(15-16-35(19-29(39)40)20-30(41)42)17-26(36(21-31(43)44)22-32(45)46)23-49-51(47,48)50-27-11-13-33(14-12-27,24-7-3-1-4-8-24)25-9-5-2-6-10-25;;;;;/h1-10,26-27H,11-23H2,(H,37,38)(H,39,40)(H,41,42)(H,43,44)(H,45,46)(H,47,48);;;;;1H2/q;+3;3*+1;/p-6/t26-;;;;;/m1...../s1. The second-order valence-corrected chi connectivity index (χ2v) is 13.6. The first-order valence-electron chi connectivity index (χ1n) is 16.0. The van der Waals surface area contributed by atoms with E-state index in [1.54, 1.807) is 0 Å². The molecule has 3 rings (SSSR count). The van der Waals surface area contributed by atoms with Crippen molar-refractivity contribution < 1.29 is 202 Å². The molecule has 2 aromatic rings. The minimum Gasteiger partial charge on any atom is -0.756 e. The molecule has 2 aromatic carbocycles. The maximum absolute atomic E-state index is 13.1. The van der Waals surface area contributed by atoms with Gasteiger partial charge in [-0.2, -0.15) is 0 Å². The van der Waals surface area contributed by atoms with Gasteiger partial charge in [0.2, 0.25) is 0 Å². The summed E-state index contributed by atoms with van der Waals surface area (Å²) >= 11 is 0. The van der Waals surface area contributed by atoms with Crippen LogP contribution in [0.4, 0.5) is 0 Å². The zero-order valence-corrected chi connectivity index (χ0v) is 40.6. The number of carboxylic acids is 5. The van der Waals surface area contributed by atoms with Crippen LogP contribution in [0.5, 0.6) is 0 Å². The van der Waals surface area contributed by atoms with Gasteiger partial charge in [-0.25, -0.2) is 0 Å². The van der Waals surface area contributed by atoms with Crippen molar-refractivity contribution in [2.75, 3.05) is 59.0 Å². The van der Waals surface area contributed by atoms with Crippen LogP contribution in [0.1, 0.15) is 36.8 Å². The van der Waals surface area contributed by atoms with E-state index in [1.165, 1.54) is 0 Å². The Hall–Kier alpha value is 0.0647. The van der Waals surface area contributed by atoms with E-state index in [0.717, 1.165) is 25.8 Å². The molecule has 0 heterocycles. The van der Waals surface area contributed by atoms with Crippen molar-refractivity contribution in [1.29, 1.82) is 0 Å². The van der Waals surface area contributed by atoms with E-state index in [0.29, 0.717) is 25.7 Å². The number of aliphatic carboxylic acids is 5. The Kier molecular flexibility index (Phi) is 32.5.